The van der Waals surface area contributed by atoms with E-state index in [2.05, 4.69) is 15.0 Å². The molecule has 0 bridgehead atoms. The van der Waals surface area contributed by atoms with E-state index in [9.17, 15) is 8.42 Å². The molecule has 1 saturated heterocycles. The topological polar surface area (TPSA) is 71.1 Å². The molecule has 2 heterocycles. The molecule has 1 aliphatic heterocycles. The zero-order chi connectivity index (χ0) is 13.2. The SMILES string of the molecule is Cc1nc(C)c(S(=O)(=O)NC[C@@H]2CCCNC2)s1. The van der Waals surface area contributed by atoms with Gasteiger partial charge < -0.3 is 5.32 Å². The molecule has 18 heavy (non-hydrogen) atoms. The van der Waals surface area contributed by atoms with Crippen LogP contribution in [0, 0.1) is 19.8 Å². The van der Waals surface area contributed by atoms with E-state index in [0.717, 1.165) is 30.9 Å². The van der Waals surface area contributed by atoms with Crippen molar-refractivity contribution in [3.8, 4) is 0 Å². The van der Waals surface area contributed by atoms with Crippen LogP contribution < -0.4 is 10.0 Å². The summed E-state index contributed by atoms with van der Waals surface area (Å²) >= 11 is 1.23. The molecule has 5 nitrogen and oxygen atoms in total. The maximum absolute atomic E-state index is 12.1. The molecule has 7 heteroatoms. The van der Waals surface area contributed by atoms with Crippen molar-refractivity contribution >= 4 is 21.4 Å². The van der Waals surface area contributed by atoms with E-state index >= 15 is 0 Å². The van der Waals surface area contributed by atoms with Crippen molar-refractivity contribution in [1.29, 1.82) is 0 Å². The van der Waals surface area contributed by atoms with E-state index in [4.69, 9.17) is 0 Å². The van der Waals surface area contributed by atoms with Gasteiger partial charge in [-0.25, -0.2) is 18.1 Å². The molecule has 0 aromatic carbocycles. The first-order valence-electron chi connectivity index (χ1n) is 6.13. The van der Waals surface area contributed by atoms with Gasteiger partial charge in [0.25, 0.3) is 10.0 Å². The van der Waals surface area contributed by atoms with Crippen LogP contribution in [0.25, 0.3) is 0 Å². The van der Waals surface area contributed by atoms with E-state index in [1.54, 1.807) is 6.92 Å². The van der Waals surface area contributed by atoms with Crippen LogP contribution in [0.3, 0.4) is 0 Å². The molecule has 0 radical (unpaired) electrons. The van der Waals surface area contributed by atoms with Gasteiger partial charge in [-0.3, -0.25) is 0 Å². The van der Waals surface area contributed by atoms with Gasteiger partial charge in [0.2, 0.25) is 0 Å². The molecule has 1 atom stereocenters. The van der Waals surface area contributed by atoms with Crippen molar-refractivity contribution in [2.75, 3.05) is 19.6 Å². The number of sulfonamides is 1. The highest BCUT2D eigenvalue weighted by Crippen LogP contribution is 2.22. The lowest BCUT2D eigenvalue weighted by molar-refractivity contribution is 0.376. The zero-order valence-corrected chi connectivity index (χ0v) is 12.3. The average Bonchev–Trinajstić information content (AvgIpc) is 2.68. The normalized spacial score (nSPS) is 21.1. The largest absolute Gasteiger partial charge is 0.316 e. The van der Waals surface area contributed by atoms with Gasteiger partial charge in [-0.2, -0.15) is 0 Å². The molecule has 0 aliphatic carbocycles. The van der Waals surface area contributed by atoms with Gasteiger partial charge in [0.15, 0.2) is 4.21 Å². The Morgan fingerprint density at radius 2 is 2.28 bits per heavy atom. The number of piperidine rings is 1. The zero-order valence-electron chi connectivity index (χ0n) is 10.7. The number of rotatable bonds is 4. The molecular formula is C11H19N3O2S2. The fraction of sp³-hybridized carbons (Fsp3) is 0.727. The van der Waals surface area contributed by atoms with Crippen molar-refractivity contribution in [3.63, 3.8) is 0 Å². The van der Waals surface area contributed by atoms with Gasteiger partial charge in [-0.15, -0.1) is 11.3 Å². The van der Waals surface area contributed by atoms with E-state index in [1.807, 2.05) is 6.92 Å². The number of nitrogens with zero attached hydrogens (tertiary/aromatic N) is 1. The molecule has 2 N–H and O–H groups in total. The minimum atomic E-state index is -3.39. The minimum Gasteiger partial charge on any atom is -0.316 e. The summed E-state index contributed by atoms with van der Waals surface area (Å²) in [5.41, 5.74) is 0.590. The molecule has 0 unspecified atom stereocenters. The molecule has 0 spiro atoms. The summed E-state index contributed by atoms with van der Waals surface area (Å²) in [7, 11) is -3.39. The Bertz CT molecular complexity index is 504. The number of nitrogens with one attached hydrogen (secondary N) is 2. The van der Waals surface area contributed by atoms with Crippen LogP contribution in [0.15, 0.2) is 4.21 Å². The van der Waals surface area contributed by atoms with Gasteiger partial charge in [-0.1, -0.05) is 0 Å². The van der Waals surface area contributed by atoms with E-state index in [-0.39, 0.29) is 0 Å². The Morgan fingerprint density at radius 1 is 1.50 bits per heavy atom. The van der Waals surface area contributed by atoms with Crippen molar-refractivity contribution < 1.29 is 8.42 Å². The summed E-state index contributed by atoms with van der Waals surface area (Å²) < 4.78 is 27.3. The summed E-state index contributed by atoms with van der Waals surface area (Å²) in [6.07, 6.45) is 2.20. The molecule has 1 aromatic heterocycles. The predicted octanol–water partition coefficient (Wildman–Crippen LogP) is 1.04. The summed E-state index contributed by atoms with van der Waals surface area (Å²) in [5, 5.41) is 4.07. The first-order chi connectivity index (χ1) is 8.49. The summed E-state index contributed by atoms with van der Waals surface area (Å²) in [6.45, 7) is 5.99. The first-order valence-corrected chi connectivity index (χ1v) is 8.43. The average molecular weight is 289 g/mol. The highest BCUT2D eigenvalue weighted by Gasteiger charge is 2.22. The molecule has 2 rings (SSSR count). The lowest BCUT2D eigenvalue weighted by atomic mass is 10.0. The molecule has 1 fully saturated rings. The maximum atomic E-state index is 12.1. The van der Waals surface area contributed by atoms with Crippen molar-refractivity contribution in [2.45, 2.75) is 30.9 Å². The van der Waals surface area contributed by atoms with Crippen LogP contribution in [-0.4, -0.2) is 33.0 Å². The first kappa shape index (κ1) is 13.9. The molecule has 0 saturated carbocycles. The lowest BCUT2D eigenvalue weighted by Crippen LogP contribution is -2.38. The third-order valence-corrected chi connectivity index (χ3v) is 6.17. The summed E-state index contributed by atoms with van der Waals surface area (Å²) in [4.78, 5) is 4.16. The van der Waals surface area contributed by atoms with E-state index in [0.29, 0.717) is 22.4 Å². The standard InChI is InChI=1S/C11H19N3O2S2/c1-8-11(17-9(2)14-8)18(15,16)13-7-10-4-3-5-12-6-10/h10,12-13H,3-7H2,1-2H3/t10-/m1/s1. The number of aryl methyl sites for hydroxylation is 2. The molecular weight excluding hydrogens is 270 g/mol. The van der Waals surface area contributed by atoms with Gasteiger partial charge in [0, 0.05) is 6.54 Å². The smallest absolute Gasteiger partial charge is 0.251 e. The Hall–Kier alpha value is -0.500. The number of hydrogen-bond acceptors (Lipinski definition) is 5. The second-order valence-corrected chi connectivity index (χ2v) is 7.84. The van der Waals surface area contributed by atoms with Gasteiger partial charge in [0.05, 0.1) is 10.7 Å². The minimum absolute atomic E-state index is 0.351. The van der Waals surface area contributed by atoms with Gasteiger partial charge in [0.1, 0.15) is 0 Å². The highest BCUT2D eigenvalue weighted by molar-refractivity contribution is 7.91. The summed E-state index contributed by atoms with van der Waals surface area (Å²) in [6, 6.07) is 0. The Kier molecular flexibility index (Phi) is 4.37. The van der Waals surface area contributed by atoms with E-state index in [1.165, 1.54) is 11.3 Å². The molecule has 102 valence electrons. The van der Waals surface area contributed by atoms with Gasteiger partial charge in [-0.05, 0) is 45.7 Å². The molecule has 0 amide bonds. The fourth-order valence-corrected chi connectivity index (χ4v) is 4.80. The second-order valence-electron chi connectivity index (χ2n) is 4.67. The third kappa shape index (κ3) is 3.28. The Labute approximate surface area is 112 Å². The lowest BCUT2D eigenvalue weighted by Gasteiger charge is -2.22. The summed E-state index contributed by atoms with van der Waals surface area (Å²) in [5.74, 6) is 0.392. The Balaban J connectivity index is 2.01. The Morgan fingerprint density at radius 3 is 2.83 bits per heavy atom. The van der Waals surface area contributed by atoms with E-state index < -0.39 is 10.0 Å². The number of thiazole rings is 1. The molecule has 1 aromatic rings. The van der Waals surface area contributed by atoms with Crippen molar-refractivity contribution in [3.05, 3.63) is 10.7 Å². The second kappa shape index (κ2) is 5.64. The molecule has 1 aliphatic rings. The van der Waals surface area contributed by atoms with Crippen LogP contribution in [-0.2, 0) is 10.0 Å². The number of aromatic nitrogens is 1. The third-order valence-electron chi connectivity index (χ3n) is 3.07. The monoisotopic (exact) mass is 289 g/mol. The van der Waals surface area contributed by atoms with Crippen LogP contribution in [0.1, 0.15) is 23.5 Å². The van der Waals surface area contributed by atoms with Crippen molar-refractivity contribution in [1.82, 2.24) is 15.0 Å². The fourth-order valence-electron chi connectivity index (χ4n) is 2.15. The quantitative estimate of drug-likeness (QED) is 0.869. The van der Waals surface area contributed by atoms with Crippen molar-refractivity contribution in [2.24, 2.45) is 5.92 Å². The van der Waals surface area contributed by atoms with Crippen LogP contribution >= 0.6 is 11.3 Å². The maximum Gasteiger partial charge on any atom is 0.251 e. The van der Waals surface area contributed by atoms with Crippen LogP contribution in [0.5, 0.6) is 0 Å². The predicted molar refractivity (Wildman–Crippen MR) is 72.4 cm³/mol. The van der Waals surface area contributed by atoms with Crippen LogP contribution in [0.2, 0.25) is 0 Å². The van der Waals surface area contributed by atoms with Gasteiger partial charge >= 0.3 is 0 Å². The highest BCUT2D eigenvalue weighted by atomic mass is 32.2. The van der Waals surface area contributed by atoms with Crippen LogP contribution in [0.4, 0.5) is 0 Å². The number of hydrogen-bond donors (Lipinski definition) is 2.